The van der Waals surface area contributed by atoms with E-state index in [1.54, 1.807) is 22.2 Å². The second-order valence-electron chi connectivity index (χ2n) is 14.7. The first-order valence-electron chi connectivity index (χ1n) is 19.3. The van der Waals surface area contributed by atoms with Crippen LogP contribution in [0.3, 0.4) is 0 Å². The summed E-state index contributed by atoms with van der Waals surface area (Å²) in [6.07, 6.45) is 2.14. The van der Waals surface area contributed by atoms with Crippen LogP contribution in [0.1, 0.15) is 62.6 Å². The van der Waals surface area contributed by atoms with Crippen LogP contribution in [0.15, 0.2) is 60.9 Å². The van der Waals surface area contributed by atoms with E-state index < -0.39 is 36.4 Å². The Morgan fingerprint density at radius 2 is 1.05 bits per heavy atom. The van der Waals surface area contributed by atoms with E-state index in [1.165, 1.54) is 14.2 Å². The van der Waals surface area contributed by atoms with Gasteiger partial charge in [-0.1, -0.05) is 63.8 Å². The maximum atomic E-state index is 13.6. The molecule has 0 unspecified atom stereocenters. The minimum Gasteiger partial charge on any atom is -0.453 e. The zero-order chi connectivity index (χ0) is 41.3. The monoisotopic (exact) mass is 794 g/mol. The number of hydrogen-bond donors (Lipinski definition) is 4. The van der Waals surface area contributed by atoms with Crippen molar-refractivity contribution in [3.05, 3.63) is 83.7 Å². The van der Waals surface area contributed by atoms with Gasteiger partial charge in [0.05, 0.1) is 64.4 Å². The highest BCUT2D eigenvalue weighted by molar-refractivity contribution is 5.87. The standard InChI is InChI=1S/C42H50N8O8/c1-25(2)35(47-41(53)55-5)39(51)49-17-19-57-23-33(49)37-43-21-31(45-37)29-13-9-27(10-14-29)7-8-28-11-15-30(16-12-28)32-22-44-38(46-32)34-24-58-20-18-50(34)40(52)36(26(3)4)48-42(54)56-6/h9-16,21-22,25-26,33-36H,17-20,23-24H2,1-6H3,(H,43,45)(H,44,46)(H,47,53)(H,48,54)/t33-,34+,35-,36-/m0/s1. The van der Waals surface area contributed by atoms with Gasteiger partial charge in [0.2, 0.25) is 11.8 Å². The molecule has 4 N–H and O–H groups in total. The molecule has 4 heterocycles. The van der Waals surface area contributed by atoms with E-state index in [4.69, 9.17) is 18.9 Å². The summed E-state index contributed by atoms with van der Waals surface area (Å²) in [5.41, 5.74) is 5.03. The van der Waals surface area contributed by atoms with E-state index in [9.17, 15) is 19.2 Å². The molecule has 2 aromatic carbocycles. The summed E-state index contributed by atoms with van der Waals surface area (Å²) in [5, 5.41) is 5.33. The number of rotatable bonds is 10. The van der Waals surface area contributed by atoms with Gasteiger partial charge in [-0.05, 0) is 47.2 Å². The Bertz CT molecular complexity index is 1970. The molecule has 16 nitrogen and oxygen atoms in total. The molecule has 6 rings (SSSR count). The summed E-state index contributed by atoms with van der Waals surface area (Å²) in [7, 11) is 2.54. The predicted molar refractivity (Wildman–Crippen MR) is 213 cm³/mol. The quantitative estimate of drug-likeness (QED) is 0.167. The number of nitrogens with one attached hydrogen (secondary N) is 4. The fourth-order valence-corrected chi connectivity index (χ4v) is 6.86. The highest BCUT2D eigenvalue weighted by atomic mass is 16.5. The third kappa shape index (κ3) is 9.67. The molecule has 2 saturated heterocycles. The number of aromatic nitrogens is 4. The van der Waals surface area contributed by atoms with Crippen LogP contribution in [-0.2, 0) is 28.5 Å². The number of hydrogen-bond acceptors (Lipinski definition) is 10. The summed E-state index contributed by atoms with van der Waals surface area (Å²) in [4.78, 5) is 70.4. The third-order valence-electron chi connectivity index (χ3n) is 10.2. The molecule has 0 saturated carbocycles. The van der Waals surface area contributed by atoms with E-state index >= 15 is 0 Å². The van der Waals surface area contributed by atoms with Gasteiger partial charge in [-0.2, -0.15) is 0 Å². The molecule has 16 heteroatoms. The van der Waals surface area contributed by atoms with Gasteiger partial charge < -0.3 is 49.3 Å². The van der Waals surface area contributed by atoms with Gasteiger partial charge in [-0.25, -0.2) is 19.6 Å². The molecule has 0 aliphatic carbocycles. The summed E-state index contributed by atoms with van der Waals surface area (Å²) in [6.45, 7) is 9.52. The van der Waals surface area contributed by atoms with Crippen LogP contribution in [-0.4, -0.2) is 120 Å². The Hall–Kier alpha value is -6.18. The number of alkyl carbamates (subject to hydrolysis) is 2. The van der Waals surface area contributed by atoms with Crippen molar-refractivity contribution < 1.29 is 38.1 Å². The zero-order valence-electron chi connectivity index (χ0n) is 33.5. The summed E-state index contributed by atoms with van der Waals surface area (Å²) < 4.78 is 20.9. The first-order chi connectivity index (χ1) is 28.0. The number of morpholine rings is 2. The molecule has 4 aromatic rings. The second kappa shape index (κ2) is 18.8. The lowest BCUT2D eigenvalue weighted by atomic mass is 10.0. The highest BCUT2D eigenvalue weighted by Crippen LogP contribution is 2.29. The smallest absolute Gasteiger partial charge is 0.407 e. The number of methoxy groups -OCH3 is 2. The summed E-state index contributed by atoms with van der Waals surface area (Å²) >= 11 is 0. The molecule has 4 amide bonds. The molecule has 0 bridgehead atoms. The first-order valence-corrected chi connectivity index (χ1v) is 19.3. The van der Waals surface area contributed by atoms with Crippen molar-refractivity contribution in [2.75, 3.05) is 53.7 Å². The molecule has 0 spiro atoms. The number of nitrogens with zero attached hydrogens (tertiary/aromatic N) is 4. The normalized spacial score (nSPS) is 17.9. The molecule has 58 heavy (non-hydrogen) atoms. The molecule has 2 aliphatic rings. The van der Waals surface area contributed by atoms with Crippen molar-refractivity contribution in [3.63, 3.8) is 0 Å². The van der Waals surface area contributed by atoms with E-state index in [1.807, 2.05) is 76.2 Å². The van der Waals surface area contributed by atoms with Gasteiger partial charge in [-0.15, -0.1) is 0 Å². The highest BCUT2D eigenvalue weighted by Gasteiger charge is 2.38. The number of amides is 4. The van der Waals surface area contributed by atoms with Crippen molar-refractivity contribution >= 4 is 24.0 Å². The Labute approximate surface area is 337 Å². The zero-order valence-corrected chi connectivity index (χ0v) is 33.5. The SMILES string of the molecule is COC(=O)N[C@H](C(=O)N1CCOC[C@@H]1c1ncc(-c2ccc(C#Cc3ccc(-c4cnc([C@@H]5COCCN5C(=O)[C@@H](NC(=O)OC)C(C)C)[nH]4)cc3)cc2)[nH]1)C(C)C. The number of imidazole rings is 2. The van der Waals surface area contributed by atoms with Crippen molar-refractivity contribution in [2.45, 2.75) is 51.9 Å². The van der Waals surface area contributed by atoms with Gasteiger partial charge in [-0.3, -0.25) is 9.59 Å². The van der Waals surface area contributed by atoms with Crippen molar-refractivity contribution in [3.8, 4) is 34.4 Å². The number of H-pyrrole nitrogens is 2. The van der Waals surface area contributed by atoms with Crippen molar-refractivity contribution in [1.82, 2.24) is 40.4 Å². The van der Waals surface area contributed by atoms with Crippen LogP contribution in [0, 0.1) is 23.7 Å². The number of benzene rings is 2. The average Bonchev–Trinajstić information content (AvgIpc) is 3.95. The summed E-state index contributed by atoms with van der Waals surface area (Å²) in [6, 6.07) is 13.2. The lowest BCUT2D eigenvalue weighted by Crippen LogP contribution is -2.54. The van der Waals surface area contributed by atoms with E-state index in [2.05, 4.69) is 42.4 Å². The minimum absolute atomic E-state index is 0.154. The number of carbonyl (C=O) groups excluding carboxylic acids is 4. The molecular formula is C42H50N8O8. The van der Waals surface area contributed by atoms with E-state index in [0.717, 1.165) is 33.6 Å². The second-order valence-corrected chi connectivity index (χ2v) is 14.7. The van der Waals surface area contributed by atoms with Gasteiger partial charge in [0.25, 0.3) is 0 Å². The molecule has 2 aromatic heterocycles. The third-order valence-corrected chi connectivity index (χ3v) is 10.2. The molecule has 4 atom stereocenters. The van der Waals surface area contributed by atoms with E-state index in [0.29, 0.717) is 38.0 Å². The van der Waals surface area contributed by atoms with Crippen LogP contribution < -0.4 is 10.6 Å². The summed E-state index contributed by atoms with van der Waals surface area (Å²) in [5.74, 6) is 6.88. The molecule has 306 valence electrons. The Morgan fingerprint density at radius 3 is 1.40 bits per heavy atom. The lowest BCUT2D eigenvalue weighted by Gasteiger charge is -2.37. The minimum atomic E-state index is -0.754. The van der Waals surface area contributed by atoms with Gasteiger partial charge >= 0.3 is 12.2 Å². The van der Waals surface area contributed by atoms with Crippen molar-refractivity contribution in [2.24, 2.45) is 11.8 Å². The molecular weight excluding hydrogens is 745 g/mol. The van der Waals surface area contributed by atoms with Crippen LogP contribution in [0.5, 0.6) is 0 Å². The van der Waals surface area contributed by atoms with Crippen LogP contribution in [0.2, 0.25) is 0 Å². The number of ether oxygens (including phenoxy) is 4. The van der Waals surface area contributed by atoms with Gasteiger partial charge in [0.15, 0.2) is 0 Å². The van der Waals surface area contributed by atoms with Gasteiger partial charge in [0, 0.05) is 24.2 Å². The Morgan fingerprint density at radius 1 is 0.672 bits per heavy atom. The van der Waals surface area contributed by atoms with E-state index in [-0.39, 0.29) is 36.9 Å². The number of aromatic amines is 2. The fraction of sp³-hybridized carbons (Fsp3) is 0.429. The Kier molecular flexibility index (Phi) is 13.5. The predicted octanol–water partition coefficient (Wildman–Crippen LogP) is 4.43. The van der Waals surface area contributed by atoms with Crippen LogP contribution in [0.25, 0.3) is 22.5 Å². The maximum absolute atomic E-state index is 13.6. The Balaban J connectivity index is 1.09. The van der Waals surface area contributed by atoms with Crippen molar-refractivity contribution in [1.29, 1.82) is 0 Å². The van der Waals surface area contributed by atoms with Gasteiger partial charge in [0.1, 0.15) is 35.8 Å². The first kappa shape index (κ1) is 41.5. The largest absolute Gasteiger partial charge is 0.453 e. The van der Waals surface area contributed by atoms with Crippen LogP contribution in [0.4, 0.5) is 9.59 Å². The fourth-order valence-electron chi connectivity index (χ4n) is 6.86. The molecule has 2 fully saturated rings. The maximum Gasteiger partial charge on any atom is 0.407 e. The number of carbonyl (C=O) groups is 4. The van der Waals surface area contributed by atoms with Crippen LogP contribution >= 0.6 is 0 Å². The average molecular weight is 795 g/mol. The molecule has 2 aliphatic heterocycles. The topological polar surface area (TPSA) is 193 Å². The molecule has 0 radical (unpaired) electrons. The lowest BCUT2D eigenvalue weighted by molar-refractivity contribution is -0.144.